The maximum Gasteiger partial charge on any atom is 0.184 e. The smallest absolute Gasteiger partial charge is 0.184 e. The molecule has 2 aliphatic rings. The summed E-state index contributed by atoms with van der Waals surface area (Å²) in [6, 6.07) is 8.13. The van der Waals surface area contributed by atoms with Crippen LogP contribution < -0.4 is 9.64 Å². The summed E-state index contributed by atoms with van der Waals surface area (Å²) in [6.07, 6.45) is 3.54. The number of ether oxygens (including phenoxy) is 2. The van der Waals surface area contributed by atoms with Crippen LogP contribution in [0.5, 0.6) is 5.75 Å². The van der Waals surface area contributed by atoms with Crippen molar-refractivity contribution in [2.24, 2.45) is 0 Å². The van der Waals surface area contributed by atoms with Crippen LogP contribution >= 0.6 is 0 Å². The van der Waals surface area contributed by atoms with Gasteiger partial charge in [-0.2, -0.15) is 0 Å². The summed E-state index contributed by atoms with van der Waals surface area (Å²) in [5.41, 5.74) is 2.57. The summed E-state index contributed by atoms with van der Waals surface area (Å²) in [7, 11) is -2.40. The van der Waals surface area contributed by atoms with E-state index < -0.39 is 9.52 Å². The predicted molar refractivity (Wildman–Crippen MR) is 115 cm³/mol. The van der Waals surface area contributed by atoms with Gasteiger partial charge in [-0.3, -0.25) is 4.21 Å². The molecule has 150 valence electrons. The van der Waals surface area contributed by atoms with Crippen molar-refractivity contribution >= 4 is 31.3 Å². The van der Waals surface area contributed by atoms with Gasteiger partial charge in [0.25, 0.3) is 0 Å². The van der Waals surface area contributed by atoms with E-state index in [4.69, 9.17) is 19.4 Å². The van der Waals surface area contributed by atoms with Gasteiger partial charge in [-0.05, 0) is 18.7 Å². The van der Waals surface area contributed by atoms with Crippen molar-refractivity contribution in [3.8, 4) is 17.1 Å². The van der Waals surface area contributed by atoms with E-state index in [1.807, 2.05) is 30.5 Å². The highest BCUT2D eigenvalue weighted by Gasteiger charge is 2.34. The van der Waals surface area contributed by atoms with Gasteiger partial charge >= 0.3 is 0 Å². The fourth-order valence-corrected chi connectivity index (χ4v) is 4.71. The van der Waals surface area contributed by atoms with Crippen molar-refractivity contribution in [1.29, 1.82) is 0 Å². The monoisotopic (exact) mass is 410 g/mol. The molecule has 29 heavy (non-hydrogen) atoms. The maximum absolute atomic E-state index is 12.8. The summed E-state index contributed by atoms with van der Waals surface area (Å²) in [5.74, 6) is 2.17. The molecule has 2 aromatic heterocycles. The number of anilines is 1. The largest absolute Gasteiger partial charge is 0.486 e. The zero-order valence-electron chi connectivity index (χ0n) is 16.2. The summed E-state index contributed by atoms with van der Waals surface area (Å²) < 4.78 is 24.4. The lowest BCUT2D eigenvalue weighted by molar-refractivity contribution is 0.0693. The Morgan fingerprint density at radius 1 is 1.34 bits per heavy atom. The number of aromatic nitrogens is 3. The molecule has 0 spiro atoms. The average Bonchev–Trinajstić information content (AvgIpc) is 3.22. The lowest BCUT2D eigenvalue weighted by atomic mass is 10.1. The fourth-order valence-electron chi connectivity index (χ4n) is 3.89. The van der Waals surface area contributed by atoms with Crippen molar-refractivity contribution in [3.05, 3.63) is 42.7 Å². The highest BCUT2D eigenvalue weighted by atomic mass is 32.2. The first-order valence-corrected chi connectivity index (χ1v) is 11.6. The van der Waals surface area contributed by atoms with Crippen LogP contribution in [-0.2, 0) is 20.0 Å². The molecule has 2 aliphatic heterocycles. The number of hydrogen-bond donors (Lipinski definition) is 1. The number of hydrogen-bond acceptors (Lipinski definition) is 6. The summed E-state index contributed by atoms with van der Waals surface area (Å²) in [4.78, 5) is 15.2. The third kappa shape index (κ3) is 3.19. The van der Waals surface area contributed by atoms with Gasteiger partial charge in [0.05, 0.1) is 25.0 Å². The van der Waals surface area contributed by atoms with Crippen LogP contribution in [0.15, 0.2) is 37.0 Å². The van der Waals surface area contributed by atoms with E-state index in [9.17, 15) is 4.21 Å². The van der Waals surface area contributed by atoms with Crippen molar-refractivity contribution in [2.75, 3.05) is 37.5 Å². The van der Waals surface area contributed by atoms with Crippen LogP contribution in [-0.4, -0.2) is 62.8 Å². The molecule has 5 rings (SSSR count). The number of aromatic amines is 1. The van der Waals surface area contributed by atoms with Gasteiger partial charge in [0.1, 0.15) is 12.3 Å². The highest BCUT2D eigenvalue weighted by molar-refractivity contribution is 7.99. The second kappa shape index (κ2) is 6.91. The van der Waals surface area contributed by atoms with Crippen LogP contribution in [0.3, 0.4) is 0 Å². The molecule has 7 nitrogen and oxygen atoms in total. The number of morpholine rings is 1. The number of nitrogens with zero attached hydrogens (tertiary/aromatic N) is 3. The molecule has 1 aromatic carbocycles. The summed E-state index contributed by atoms with van der Waals surface area (Å²) >= 11 is 0. The first-order valence-electron chi connectivity index (χ1n) is 9.51. The van der Waals surface area contributed by atoms with Crippen LogP contribution in [0.4, 0.5) is 5.82 Å². The Morgan fingerprint density at radius 3 is 3.10 bits per heavy atom. The molecular weight excluding hydrogens is 388 g/mol. The first kappa shape index (κ1) is 18.2. The third-order valence-electron chi connectivity index (χ3n) is 5.39. The molecular formula is C21H22N4O3S. The van der Waals surface area contributed by atoms with Crippen molar-refractivity contribution in [3.63, 3.8) is 0 Å². The molecule has 1 fully saturated rings. The van der Waals surface area contributed by atoms with E-state index in [1.165, 1.54) is 0 Å². The second-order valence-electron chi connectivity index (χ2n) is 7.42. The molecule has 2 unspecified atom stereocenters. The Labute approximate surface area is 169 Å². The Hall–Kier alpha value is -2.80. The first-order chi connectivity index (χ1) is 14.1. The van der Waals surface area contributed by atoms with Gasteiger partial charge in [0, 0.05) is 45.0 Å². The van der Waals surface area contributed by atoms with E-state index in [-0.39, 0.29) is 11.8 Å². The Balaban J connectivity index is 1.73. The molecule has 8 heteroatoms. The number of fused-ring (bicyclic) bond motifs is 4. The zero-order chi connectivity index (χ0) is 20.0. The number of rotatable bonds is 3. The van der Waals surface area contributed by atoms with Crippen LogP contribution in [0.25, 0.3) is 22.3 Å². The lowest BCUT2D eigenvalue weighted by Crippen LogP contribution is -2.51. The zero-order valence-corrected chi connectivity index (χ0v) is 17.0. The van der Waals surface area contributed by atoms with E-state index in [2.05, 4.69) is 21.5 Å². The molecule has 0 saturated carbocycles. The molecule has 4 heterocycles. The van der Waals surface area contributed by atoms with E-state index in [0.717, 1.165) is 28.8 Å². The SMILES string of the molecule is C=C=S(C)(=O)Cc1nc(-c2cccc3[nH]ccc23)nc2c1OCC1COCCN21. The Bertz CT molecular complexity index is 1240. The normalized spacial score (nSPS) is 20.3. The summed E-state index contributed by atoms with van der Waals surface area (Å²) in [6.45, 7) is 6.09. The number of benzene rings is 1. The van der Waals surface area contributed by atoms with Crippen LogP contribution in [0, 0.1) is 0 Å². The number of H-pyrrole nitrogens is 1. The third-order valence-corrected chi connectivity index (χ3v) is 6.83. The fraction of sp³-hybridized carbons (Fsp3) is 0.333. The molecule has 0 amide bonds. The van der Waals surface area contributed by atoms with Crippen molar-refractivity contribution in [1.82, 2.24) is 15.0 Å². The van der Waals surface area contributed by atoms with Crippen molar-refractivity contribution in [2.45, 2.75) is 11.8 Å². The van der Waals surface area contributed by atoms with Crippen LogP contribution in [0.2, 0.25) is 0 Å². The second-order valence-corrected chi connectivity index (χ2v) is 10.0. The van der Waals surface area contributed by atoms with Gasteiger partial charge in [0.2, 0.25) is 0 Å². The molecule has 0 bridgehead atoms. The highest BCUT2D eigenvalue weighted by Crippen LogP contribution is 2.38. The van der Waals surface area contributed by atoms with E-state index in [0.29, 0.717) is 37.1 Å². The molecule has 3 aromatic rings. The molecule has 0 aliphatic carbocycles. The summed E-state index contributed by atoms with van der Waals surface area (Å²) in [5, 5.41) is 3.70. The Kier molecular flexibility index (Phi) is 4.35. The van der Waals surface area contributed by atoms with E-state index in [1.54, 1.807) is 6.26 Å². The van der Waals surface area contributed by atoms with Crippen molar-refractivity contribution < 1.29 is 13.7 Å². The van der Waals surface area contributed by atoms with Gasteiger partial charge in [-0.1, -0.05) is 17.2 Å². The maximum atomic E-state index is 12.8. The van der Waals surface area contributed by atoms with Gasteiger partial charge in [-0.15, -0.1) is 0 Å². The standard InChI is InChI=1S/C21H22N4O3S/c1-3-29(2,26)13-18-19-21(25-9-10-27-11-14(25)12-28-19)24-20(23-18)16-5-4-6-17-15(16)7-8-22-17/h4-8,14,22H,1,9-13H2,2H3. The quantitative estimate of drug-likeness (QED) is 0.667. The van der Waals surface area contributed by atoms with E-state index >= 15 is 0 Å². The number of nitrogens with one attached hydrogen (secondary N) is 1. The molecule has 0 radical (unpaired) electrons. The molecule has 1 saturated heterocycles. The van der Waals surface area contributed by atoms with Gasteiger partial charge in [0.15, 0.2) is 17.4 Å². The minimum Gasteiger partial charge on any atom is -0.486 e. The topological polar surface area (TPSA) is 80.3 Å². The minimum atomic E-state index is -2.40. The molecule has 1 N–H and O–H groups in total. The predicted octanol–water partition coefficient (Wildman–Crippen LogP) is 2.22. The van der Waals surface area contributed by atoms with Crippen LogP contribution in [0.1, 0.15) is 5.69 Å². The minimum absolute atomic E-state index is 0.117. The van der Waals surface area contributed by atoms with Gasteiger partial charge in [-0.25, -0.2) is 9.97 Å². The lowest BCUT2D eigenvalue weighted by Gasteiger charge is -2.40. The average molecular weight is 410 g/mol. The van der Waals surface area contributed by atoms with Gasteiger partial charge < -0.3 is 19.4 Å². The molecule has 2 atom stereocenters. The Morgan fingerprint density at radius 2 is 2.24 bits per heavy atom.